The fraction of sp³-hybridized carbons (Fsp3) is 0.853. The average Bonchev–Trinajstić information content (AvgIpc) is 2.86. The number of nitrogens with one attached hydrogen (secondary N) is 2. The van der Waals surface area contributed by atoms with Crippen molar-refractivity contribution in [2.24, 2.45) is 10.8 Å². The van der Waals surface area contributed by atoms with Crippen LogP contribution in [0.15, 0.2) is 12.2 Å². The molecule has 0 heterocycles. The summed E-state index contributed by atoms with van der Waals surface area (Å²) in [7, 11) is -3.31. The van der Waals surface area contributed by atoms with Crippen LogP contribution in [0.1, 0.15) is 95.4 Å². The molecule has 46 heavy (non-hydrogen) atoms. The van der Waals surface area contributed by atoms with Crippen molar-refractivity contribution < 1.29 is 37.4 Å². The van der Waals surface area contributed by atoms with Crippen LogP contribution in [0, 0.1) is 10.8 Å². The van der Waals surface area contributed by atoms with Gasteiger partial charge in [0.25, 0.3) is 0 Å². The van der Waals surface area contributed by atoms with Crippen LogP contribution in [0.4, 0.5) is 9.59 Å². The third-order valence-electron chi connectivity index (χ3n) is 7.54. The van der Waals surface area contributed by atoms with E-state index in [4.69, 9.17) is 23.1 Å². The van der Waals surface area contributed by atoms with Gasteiger partial charge < -0.3 is 33.7 Å². The SMILES string of the molecule is C.C.C.C=C(C)C(=O)OCCOC(=O)NCC1(C)CC(NC(=O)OCCOCCC[Si](C)(C)O[Si](C)(C)CCCC)CC(C)(C)C1. The maximum Gasteiger partial charge on any atom is 0.407 e. The number of esters is 1. The standard InChI is InChI=1S/C31H60N2O8Si2.3CH4/c1-11-12-19-42(7,8)41-43(9,10)20-13-14-37-15-16-40-29(36)33-26-21-30(4,5)23-31(6,22-26)24-32-28(35)39-18-17-38-27(34)25(2)3;;;/h26H,2,11-24H2,1,3-10H3,(H,32,35)(H,33,36);3*1H4. The Morgan fingerprint density at radius 1 is 0.804 bits per heavy atom. The van der Waals surface area contributed by atoms with E-state index in [0.29, 0.717) is 31.8 Å². The topological polar surface area (TPSA) is 121 Å². The Hall–Kier alpha value is -1.90. The lowest BCUT2D eigenvalue weighted by molar-refractivity contribution is -0.139. The lowest BCUT2D eigenvalue weighted by atomic mass is 9.62. The maximum absolute atomic E-state index is 12.5. The molecule has 2 amide bonds. The number of carbonyl (C=O) groups excluding carboxylic acids is 3. The van der Waals surface area contributed by atoms with Crippen LogP contribution in [0.2, 0.25) is 38.3 Å². The first-order chi connectivity index (χ1) is 19.9. The second kappa shape index (κ2) is 22.6. The monoisotopic (exact) mass is 692 g/mol. The van der Waals surface area contributed by atoms with Crippen molar-refractivity contribution in [3.8, 4) is 0 Å². The van der Waals surface area contributed by atoms with E-state index in [9.17, 15) is 14.4 Å². The molecular formula is C34H72N2O8Si2. The molecule has 0 saturated heterocycles. The summed E-state index contributed by atoms with van der Waals surface area (Å²) in [5, 5.41) is 5.83. The smallest absolute Gasteiger partial charge is 0.407 e. The molecule has 2 N–H and O–H groups in total. The molecule has 1 rings (SSSR count). The summed E-state index contributed by atoms with van der Waals surface area (Å²) in [6.07, 6.45) is 4.76. The molecule has 1 aliphatic carbocycles. The van der Waals surface area contributed by atoms with Gasteiger partial charge in [-0.05, 0) is 81.7 Å². The van der Waals surface area contributed by atoms with Gasteiger partial charge >= 0.3 is 18.2 Å². The highest BCUT2D eigenvalue weighted by atomic mass is 28.4. The molecule has 0 aromatic rings. The summed E-state index contributed by atoms with van der Waals surface area (Å²) < 4.78 is 27.8. The van der Waals surface area contributed by atoms with E-state index in [1.54, 1.807) is 6.92 Å². The van der Waals surface area contributed by atoms with Gasteiger partial charge in [0, 0.05) is 24.8 Å². The number of rotatable bonds is 19. The third kappa shape index (κ3) is 21.8. The van der Waals surface area contributed by atoms with E-state index in [2.05, 4.69) is 71.1 Å². The molecule has 0 radical (unpaired) electrons. The van der Waals surface area contributed by atoms with E-state index < -0.39 is 34.8 Å². The quantitative estimate of drug-likeness (QED) is 0.0454. The fourth-order valence-corrected chi connectivity index (χ4v) is 15.2. The van der Waals surface area contributed by atoms with Crippen molar-refractivity contribution in [3.63, 3.8) is 0 Å². The van der Waals surface area contributed by atoms with Gasteiger partial charge in [0.2, 0.25) is 0 Å². The molecular weight excluding hydrogens is 621 g/mol. The Balaban J connectivity index is -0.00000616. The van der Waals surface area contributed by atoms with Gasteiger partial charge in [-0.25, -0.2) is 14.4 Å². The highest BCUT2D eigenvalue weighted by Gasteiger charge is 2.42. The first-order valence-electron chi connectivity index (χ1n) is 15.8. The molecule has 0 aromatic heterocycles. The van der Waals surface area contributed by atoms with Crippen molar-refractivity contribution in [2.45, 2.75) is 140 Å². The number of hydrogen-bond acceptors (Lipinski definition) is 8. The number of ether oxygens (including phenoxy) is 4. The number of carbonyl (C=O) groups is 3. The van der Waals surface area contributed by atoms with Crippen LogP contribution in [-0.4, -0.2) is 80.4 Å². The maximum atomic E-state index is 12.5. The summed E-state index contributed by atoms with van der Waals surface area (Å²) in [6, 6.07) is 2.19. The summed E-state index contributed by atoms with van der Waals surface area (Å²) in [5.41, 5.74) is 0.00617. The predicted molar refractivity (Wildman–Crippen MR) is 195 cm³/mol. The van der Waals surface area contributed by atoms with E-state index in [1.165, 1.54) is 18.9 Å². The van der Waals surface area contributed by atoms with Gasteiger partial charge in [-0.15, -0.1) is 0 Å². The first kappa shape index (κ1) is 48.5. The number of amides is 2. The van der Waals surface area contributed by atoms with E-state index >= 15 is 0 Å². The highest BCUT2D eigenvalue weighted by Crippen LogP contribution is 2.45. The molecule has 1 aliphatic rings. The van der Waals surface area contributed by atoms with Crippen LogP contribution in [0.5, 0.6) is 0 Å². The molecule has 10 nitrogen and oxygen atoms in total. The molecule has 12 heteroatoms. The molecule has 274 valence electrons. The summed E-state index contributed by atoms with van der Waals surface area (Å²) in [5.74, 6) is -0.518. The molecule has 0 spiro atoms. The minimum absolute atomic E-state index is 0. The molecule has 0 bridgehead atoms. The summed E-state index contributed by atoms with van der Waals surface area (Å²) in [4.78, 5) is 36.1. The molecule has 1 fully saturated rings. The van der Waals surface area contributed by atoms with Crippen molar-refractivity contribution in [1.29, 1.82) is 0 Å². The fourth-order valence-electron chi connectivity index (χ4n) is 6.16. The minimum Gasteiger partial charge on any atom is -0.459 e. The number of alkyl carbamates (subject to hydrolysis) is 2. The van der Waals surface area contributed by atoms with E-state index in [-0.39, 0.29) is 59.0 Å². The lowest BCUT2D eigenvalue weighted by Crippen LogP contribution is -2.50. The Bertz CT molecular complexity index is 914. The van der Waals surface area contributed by atoms with Gasteiger partial charge in [-0.2, -0.15) is 0 Å². The summed E-state index contributed by atoms with van der Waals surface area (Å²) in [6.45, 7) is 24.5. The lowest BCUT2D eigenvalue weighted by Gasteiger charge is -2.46. The Morgan fingerprint density at radius 2 is 1.35 bits per heavy atom. The molecule has 0 aromatic carbocycles. The van der Waals surface area contributed by atoms with Crippen molar-refractivity contribution in [3.05, 3.63) is 12.2 Å². The zero-order chi connectivity index (χ0) is 32.7. The number of hydrogen-bond donors (Lipinski definition) is 2. The zero-order valence-corrected chi connectivity index (χ0v) is 30.4. The molecule has 0 aliphatic heterocycles. The molecule has 2 atom stereocenters. The second-order valence-electron chi connectivity index (χ2n) is 14.4. The van der Waals surface area contributed by atoms with Crippen LogP contribution >= 0.6 is 0 Å². The Labute approximate surface area is 284 Å². The minimum atomic E-state index is -1.71. The van der Waals surface area contributed by atoms with Crippen LogP contribution in [0.25, 0.3) is 0 Å². The van der Waals surface area contributed by atoms with Gasteiger partial charge in [-0.3, -0.25) is 0 Å². The Kier molecular flexibility index (Phi) is 23.9. The van der Waals surface area contributed by atoms with Crippen LogP contribution in [0.3, 0.4) is 0 Å². The van der Waals surface area contributed by atoms with E-state index in [0.717, 1.165) is 25.3 Å². The van der Waals surface area contributed by atoms with E-state index in [1.807, 2.05) is 0 Å². The molecule has 2 unspecified atom stereocenters. The normalized spacial score (nSPS) is 18.8. The van der Waals surface area contributed by atoms with Gasteiger partial charge in [-0.1, -0.05) is 69.4 Å². The second-order valence-corrected chi connectivity index (χ2v) is 23.2. The van der Waals surface area contributed by atoms with Gasteiger partial charge in [0.1, 0.15) is 19.8 Å². The first-order valence-corrected chi connectivity index (χ1v) is 22.1. The highest BCUT2D eigenvalue weighted by molar-refractivity contribution is 6.84. The average molecular weight is 693 g/mol. The van der Waals surface area contributed by atoms with Gasteiger partial charge in [0.05, 0.1) is 6.61 Å². The van der Waals surface area contributed by atoms with Crippen molar-refractivity contribution in [1.82, 2.24) is 10.6 Å². The zero-order valence-electron chi connectivity index (χ0n) is 28.4. The third-order valence-corrected chi connectivity index (χ3v) is 15.1. The largest absolute Gasteiger partial charge is 0.459 e. The molecule has 1 saturated carbocycles. The van der Waals surface area contributed by atoms with Crippen LogP contribution in [-0.2, 0) is 27.9 Å². The van der Waals surface area contributed by atoms with Crippen LogP contribution < -0.4 is 10.6 Å². The Morgan fingerprint density at radius 3 is 1.93 bits per heavy atom. The summed E-state index contributed by atoms with van der Waals surface area (Å²) >= 11 is 0. The number of unbranched alkanes of at least 4 members (excludes halogenated alkanes) is 1. The predicted octanol–water partition coefficient (Wildman–Crippen LogP) is 8.69. The van der Waals surface area contributed by atoms with Gasteiger partial charge in [0.15, 0.2) is 16.6 Å². The van der Waals surface area contributed by atoms with Crippen molar-refractivity contribution in [2.75, 3.05) is 39.6 Å². The van der Waals surface area contributed by atoms with Crippen molar-refractivity contribution >= 4 is 34.8 Å².